The Morgan fingerprint density at radius 3 is 2.90 bits per heavy atom. The fraction of sp³-hybridized carbons (Fsp3) is 0.250. The minimum atomic E-state index is -0.342. The Bertz CT molecular complexity index is 644. The molecule has 0 radical (unpaired) electrons. The molecule has 0 aromatic heterocycles. The summed E-state index contributed by atoms with van der Waals surface area (Å²) in [6, 6.07) is 10.4. The summed E-state index contributed by atoms with van der Waals surface area (Å²) in [5.41, 5.74) is 9.23. The minimum absolute atomic E-state index is 0.144. The lowest BCUT2D eigenvalue weighted by Gasteiger charge is -2.10. The summed E-state index contributed by atoms with van der Waals surface area (Å²) < 4.78 is 18.7. The van der Waals surface area contributed by atoms with Gasteiger partial charge in [-0.3, -0.25) is 0 Å². The number of fused-ring (bicyclic) bond motifs is 1. The predicted molar refractivity (Wildman–Crippen MR) is 77.4 cm³/mol. The highest BCUT2D eigenvalue weighted by Gasteiger charge is 2.19. The highest BCUT2D eigenvalue weighted by Crippen LogP contribution is 2.32. The predicted octanol–water partition coefficient (Wildman–Crippen LogP) is 4.00. The van der Waals surface area contributed by atoms with Crippen LogP contribution in [0.1, 0.15) is 29.2 Å². The highest BCUT2D eigenvalue weighted by molar-refractivity contribution is 6.31. The summed E-state index contributed by atoms with van der Waals surface area (Å²) in [6.45, 7) is 0.323. The Morgan fingerprint density at radius 1 is 1.25 bits per heavy atom. The monoisotopic (exact) mass is 291 g/mol. The molecule has 4 heteroatoms. The minimum Gasteiger partial charge on any atom is -0.489 e. The normalized spacial score (nSPS) is 17.1. The lowest BCUT2D eigenvalue weighted by molar-refractivity contribution is 0.306. The molecule has 0 spiro atoms. The van der Waals surface area contributed by atoms with E-state index in [0.717, 1.165) is 24.2 Å². The second-order valence-corrected chi connectivity index (χ2v) is 5.44. The van der Waals surface area contributed by atoms with Gasteiger partial charge in [0.05, 0.1) is 5.02 Å². The van der Waals surface area contributed by atoms with Gasteiger partial charge in [-0.25, -0.2) is 4.39 Å². The molecule has 0 saturated heterocycles. The molecule has 1 aliphatic carbocycles. The number of hydrogen-bond acceptors (Lipinski definition) is 2. The number of hydrogen-bond donors (Lipinski definition) is 1. The van der Waals surface area contributed by atoms with Gasteiger partial charge in [0.25, 0.3) is 0 Å². The summed E-state index contributed by atoms with van der Waals surface area (Å²) in [7, 11) is 0. The van der Waals surface area contributed by atoms with Crippen LogP contribution in [-0.2, 0) is 13.0 Å². The van der Waals surface area contributed by atoms with E-state index in [2.05, 4.69) is 0 Å². The van der Waals surface area contributed by atoms with Gasteiger partial charge in [0.15, 0.2) is 0 Å². The molecule has 3 rings (SSSR count). The van der Waals surface area contributed by atoms with Crippen LogP contribution in [-0.4, -0.2) is 0 Å². The van der Waals surface area contributed by atoms with Gasteiger partial charge < -0.3 is 10.5 Å². The van der Waals surface area contributed by atoms with Crippen molar-refractivity contribution in [3.63, 3.8) is 0 Å². The van der Waals surface area contributed by atoms with Crippen molar-refractivity contribution in [2.45, 2.75) is 25.5 Å². The smallest absolute Gasteiger partial charge is 0.124 e. The third-order valence-corrected chi connectivity index (χ3v) is 4.00. The largest absolute Gasteiger partial charge is 0.489 e. The van der Waals surface area contributed by atoms with Gasteiger partial charge in [-0.05, 0) is 48.2 Å². The first-order valence-corrected chi connectivity index (χ1v) is 6.96. The maximum atomic E-state index is 13.0. The van der Waals surface area contributed by atoms with Gasteiger partial charge in [0, 0.05) is 11.6 Å². The Kier molecular flexibility index (Phi) is 3.64. The molecule has 1 aliphatic rings. The van der Waals surface area contributed by atoms with Crippen LogP contribution >= 0.6 is 11.6 Å². The van der Waals surface area contributed by atoms with E-state index in [-0.39, 0.29) is 11.9 Å². The molecule has 0 bridgehead atoms. The van der Waals surface area contributed by atoms with E-state index in [0.29, 0.717) is 11.6 Å². The van der Waals surface area contributed by atoms with Crippen LogP contribution in [0.4, 0.5) is 4.39 Å². The van der Waals surface area contributed by atoms with Gasteiger partial charge in [0.1, 0.15) is 18.2 Å². The van der Waals surface area contributed by atoms with Crippen LogP contribution < -0.4 is 10.5 Å². The molecular formula is C16H15ClFNO. The van der Waals surface area contributed by atoms with E-state index in [1.54, 1.807) is 6.07 Å². The molecule has 2 N–H and O–H groups in total. The fourth-order valence-corrected chi connectivity index (χ4v) is 2.74. The maximum Gasteiger partial charge on any atom is 0.124 e. The maximum absolute atomic E-state index is 13.0. The van der Waals surface area contributed by atoms with Crippen LogP contribution in [0.3, 0.4) is 0 Å². The van der Waals surface area contributed by atoms with Gasteiger partial charge >= 0.3 is 0 Å². The van der Waals surface area contributed by atoms with Crippen LogP contribution in [0.2, 0.25) is 5.02 Å². The third kappa shape index (κ3) is 2.65. The van der Waals surface area contributed by atoms with Crippen molar-refractivity contribution < 1.29 is 9.13 Å². The lowest BCUT2D eigenvalue weighted by Crippen LogP contribution is -2.05. The van der Waals surface area contributed by atoms with E-state index in [4.69, 9.17) is 22.1 Å². The van der Waals surface area contributed by atoms with Crippen molar-refractivity contribution in [3.05, 3.63) is 63.9 Å². The molecule has 0 heterocycles. The molecule has 104 valence electrons. The van der Waals surface area contributed by atoms with E-state index in [1.165, 1.54) is 23.3 Å². The van der Waals surface area contributed by atoms with E-state index in [1.807, 2.05) is 18.2 Å². The number of aryl methyl sites for hydroxylation is 1. The Balaban J connectivity index is 1.73. The Labute approximate surface area is 122 Å². The number of nitrogens with two attached hydrogens (primary N) is 1. The zero-order chi connectivity index (χ0) is 14.1. The van der Waals surface area contributed by atoms with Gasteiger partial charge in [-0.15, -0.1) is 0 Å². The number of rotatable bonds is 3. The summed E-state index contributed by atoms with van der Waals surface area (Å²) >= 11 is 5.97. The summed E-state index contributed by atoms with van der Waals surface area (Å²) in [4.78, 5) is 0. The quantitative estimate of drug-likeness (QED) is 0.927. The van der Waals surface area contributed by atoms with Crippen molar-refractivity contribution in [2.75, 3.05) is 0 Å². The average molecular weight is 292 g/mol. The zero-order valence-electron chi connectivity index (χ0n) is 10.9. The molecule has 0 amide bonds. The molecule has 0 fully saturated rings. The van der Waals surface area contributed by atoms with Crippen LogP contribution in [0.15, 0.2) is 36.4 Å². The Morgan fingerprint density at radius 2 is 2.10 bits per heavy atom. The zero-order valence-corrected chi connectivity index (χ0v) is 11.7. The van der Waals surface area contributed by atoms with Crippen molar-refractivity contribution in [3.8, 4) is 5.75 Å². The fourth-order valence-electron chi connectivity index (χ4n) is 2.52. The van der Waals surface area contributed by atoms with Gasteiger partial charge in [-0.2, -0.15) is 0 Å². The van der Waals surface area contributed by atoms with Gasteiger partial charge in [-0.1, -0.05) is 23.7 Å². The van der Waals surface area contributed by atoms with Crippen molar-refractivity contribution >= 4 is 11.6 Å². The Hall–Kier alpha value is -1.58. The molecule has 2 aromatic rings. The molecule has 2 nitrogen and oxygen atoms in total. The highest BCUT2D eigenvalue weighted by atomic mass is 35.5. The summed E-state index contributed by atoms with van der Waals surface area (Å²) in [5.74, 6) is 0.448. The van der Waals surface area contributed by atoms with Gasteiger partial charge in [0.2, 0.25) is 0 Å². The molecular weight excluding hydrogens is 277 g/mol. The molecule has 0 aliphatic heterocycles. The number of benzene rings is 2. The van der Waals surface area contributed by atoms with E-state index >= 15 is 0 Å². The number of halogens is 2. The van der Waals surface area contributed by atoms with Crippen LogP contribution in [0, 0.1) is 5.82 Å². The van der Waals surface area contributed by atoms with Crippen molar-refractivity contribution in [1.82, 2.24) is 0 Å². The van der Waals surface area contributed by atoms with E-state index < -0.39 is 0 Å². The van der Waals surface area contributed by atoms with E-state index in [9.17, 15) is 4.39 Å². The molecule has 1 atom stereocenters. The first-order chi connectivity index (χ1) is 9.63. The van der Waals surface area contributed by atoms with Crippen LogP contribution in [0.5, 0.6) is 5.75 Å². The summed E-state index contributed by atoms with van der Waals surface area (Å²) in [5, 5.41) is 0.383. The van der Waals surface area contributed by atoms with Crippen LogP contribution in [0.25, 0.3) is 0 Å². The molecule has 0 unspecified atom stereocenters. The summed E-state index contributed by atoms with van der Waals surface area (Å²) in [6.07, 6.45) is 1.98. The standard InChI is InChI=1S/C16H15ClFNO/c17-15-8-12(18)3-1-11(15)9-20-13-4-5-14-10(7-13)2-6-16(14)19/h1,3-5,7-8,16H,2,6,9,19H2/t16-/m1/s1. The van der Waals surface area contributed by atoms with Crippen molar-refractivity contribution in [2.24, 2.45) is 5.73 Å². The molecule has 20 heavy (non-hydrogen) atoms. The number of ether oxygens (including phenoxy) is 1. The first-order valence-electron chi connectivity index (χ1n) is 6.58. The van der Waals surface area contributed by atoms with Crippen molar-refractivity contribution in [1.29, 1.82) is 0 Å². The topological polar surface area (TPSA) is 35.2 Å². The molecule has 0 saturated carbocycles. The second kappa shape index (κ2) is 5.43. The second-order valence-electron chi connectivity index (χ2n) is 5.03. The average Bonchev–Trinajstić information content (AvgIpc) is 2.79. The molecule has 2 aromatic carbocycles. The SMILES string of the molecule is N[C@@H]1CCc2cc(OCc3ccc(F)cc3Cl)ccc21. The first kappa shape index (κ1) is 13.4. The third-order valence-electron chi connectivity index (χ3n) is 3.65. The lowest BCUT2D eigenvalue weighted by atomic mass is 10.1.